The number of rotatable bonds is 11. The van der Waals surface area contributed by atoms with Crippen LogP contribution in [0.2, 0.25) is 10.0 Å². The van der Waals surface area contributed by atoms with Crippen molar-refractivity contribution in [2.75, 3.05) is 79.7 Å². The number of carboxylic acids is 1. The minimum atomic E-state index is -1.48. The molecule has 0 aliphatic carbocycles. The van der Waals surface area contributed by atoms with Crippen LogP contribution >= 0.6 is 34.5 Å². The number of benzene rings is 4. The lowest BCUT2D eigenvalue weighted by Crippen LogP contribution is -2.49. The molecule has 0 saturated carbocycles. The Bertz CT molecular complexity index is 3110. The smallest absolute Gasteiger partial charge is 0.345 e. The van der Waals surface area contributed by atoms with Crippen LogP contribution in [-0.4, -0.2) is 144 Å². The second-order valence-electron chi connectivity index (χ2n) is 18.9. The van der Waals surface area contributed by atoms with E-state index >= 15 is 0 Å². The first-order chi connectivity index (χ1) is 35.8. The highest BCUT2D eigenvalue weighted by Gasteiger charge is 2.32. The van der Waals surface area contributed by atoms with E-state index in [1.807, 2.05) is 38.1 Å². The summed E-state index contributed by atoms with van der Waals surface area (Å²) in [5, 5.41) is 12.0. The molecule has 0 radical (unpaired) electrons. The number of aromatic nitrogens is 4. The van der Waals surface area contributed by atoms with Crippen molar-refractivity contribution < 1.29 is 42.7 Å². The Morgan fingerprint density at radius 2 is 1.61 bits per heavy atom. The van der Waals surface area contributed by atoms with Gasteiger partial charge in [-0.25, -0.2) is 29.1 Å². The summed E-state index contributed by atoms with van der Waals surface area (Å²) in [5.74, 6) is 0.759. The maximum absolute atomic E-state index is 14.4. The van der Waals surface area contributed by atoms with Crippen molar-refractivity contribution in [2.45, 2.75) is 51.6 Å². The first kappa shape index (κ1) is 51.3. The maximum atomic E-state index is 14.4. The van der Waals surface area contributed by atoms with Gasteiger partial charge in [0.15, 0.2) is 11.6 Å². The van der Waals surface area contributed by atoms with Crippen LogP contribution in [0.5, 0.6) is 28.9 Å². The zero-order valence-electron chi connectivity index (χ0n) is 41.5. The Morgan fingerprint density at radius 3 is 2.36 bits per heavy atom. The number of likely N-dealkylation sites (N-methyl/N-ethyl adjacent to an activating group) is 2. The first-order valence-corrected chi connectivity index (χ1v) is 26.1. The number of hydrogen-bond acceptors (Lipinski definition) is 15. The van der Waals surface area contributed by atoms with E-state index < -0.39 is 24.0 Å². The van der Waals surface area contributed by atoms with Gasteiger partial charge >= 0.3 is 5.97 Å². The van der Waals surface area contributed by atoms with Gasteiger partial charge in [-0.2, -0.15) is 0 Å². The number of hydrogen-bond donors (Lipinski definition) is 1. The Morgan fingerprint density at radius 1 is 0.851 bits per heavy atom. The first-order valence-electron chi connectivity index (χ1n) is 24.6. The topological polar surface area (TPSA) is 154 Å². The minimum Gasteiger partial charge on any atom is -0.491 e. The number of aliphatic carboxylic acids is 1. The molecule has 4 aromatic carbocycles. The lowest BCUT2D eigenvalue weighted by molar-refractivity contribution is -0.145. The van der Waals surface area contributed by atoms with Gasteiger partial charge in [-0.1, -0.05) is 35.3 Å². The molecule has 11 rings (SSSR count). The molecule has 4 bridgehead atoms. The summed E-state index contributed by atoms with van der Waals surface area (Å²) in [6, 6.07) is 20.8. The molecule has 0 spiro atoms. The van der Waals surface area contributed by atoms with Gasteiger partial charge < -0.3 is 43.3 Å². The molecule has 4 aliphatic rings. The molecule has 0 unspecified atom stereocenters. The highest BCUT2D eigenvalue weighted by Crippen LogP contribution is 2.53. The lowest BCUT2D eigenvalue weighted by atomic mass is 9.92. The monoisotopic (exact) mass is 1060 g/mol. The Kier molecular flexibility index (Phi) is 15.8. The SMILES string of the molecule is Cc1c(Cl)c2c(Cl)c(C)c1-c1c(-c3ccc(F)cc3)sc3ncnc(c13)O[C@@H](C(=O)O)Cc1cc(ccc1OCc1ccnc(-c3ccc(OC[C@H]4CN(C)CCCO4)cc3)n1)OC[C@@H](CN1CCN(C)CC1)O2. The van der Waals surface area contributed by atoms with Crippen molar-refractivity contribution in [3.05, 3.63) is 124 Å². The molecule has 0 amide bonds. The van der Waals surface area contributed by atoms with Gasteiger partial charge in [0.05, 0.1) is 21.1 Å². The standard InChI is InChI=1S/C55H56Cl2FN7O8S/c1-32-45-33(2)49(57)50(48(32)56)72-42(27-65-21-19-63(3)20-22-65)30-70-40-14-15-43(71-28-38-16-17-59-52(62-38)35-8-12-39(13-9-35)69-29-41-26-64(4)18-5-23-68-41)36(24-40)25-44(55(66)67)73-53-47-46(45)51(74-54(47)61-31-60-53)34-6-10-37(58)11-7-34/h6-17,24,31,41-42,44H,5,18-23,25-30H2,1-4H3,(H,66,67)/t41-,42-,44-/m1/s1. The van der Waals surface area contributed by atoms with E-state index in [1.165, 1.54) is 29.8 Å². The van der Waals surface area contributed by atoms with E-state index in [1.54, 1.807) is 42.6 Å². The molecule has 19 heteroatoms. The van der Waals surface area contributed by atoms with E-state index in [2.05, 4.69) is 43.7 Å². The van der Waals surface area contributed by atoms with Crippen molar-refractivity contribution in [2.24, 2.45) is 0 Å². The summed E-state index contributed by atoms with van der Waals surface area (Å²) < 4.78 is 52.9. The van der Waals surface area contributed by atoms with Gasteiger partial charge in [0.2, 0.25) is 12.0 Å². The van der Waals surface area contributed by atoms with E-state index in [4.69, 9.17) is 56.6 Å². The van der Waals surface area contributed by atoms with Crippen molar-refractivity contribution in [1.29, 1.82) is 0 Å². The molecule has 74 heavy (non-hydrogen) atoms. The Balaban J connectivity index is 0.991. The van der Waals surface area contributed by atoms with Gasteiger partial charge in [-0.15, -0.1) is 11.3 Å². The summed E-state index contributed by atoms with van der Waals surface area (Å²) in [6.45, 7) is 10.8. The second kappa shape index (κ2) is 22.7. The fourth-order valence-corrected chi connectivity index (χ4v) is 11.2. The summed E-state index contributed by atoms with van der Waals surface area (Å²) in [4.78, 5) is 40.1. The Labute approximate surface area is 442 Å². The van der Waals surface area contributed by atoms with Gasteiger partial charge in [-0.05, 0) is 117 Å². The average molecular weight is 1070 g/mol. The largest absolute Gasteiger partial charge is 0.491 e. The van der Waals surface area contributed by atoms with Crippen molar-refractivity contribution in [1.82, 2.24) is 34.6 Å². The van der Waals surface area contributed by atoms with Crippen molar-refractivity contribution >= 4 is 50.7 Å². The number of carboxylic acid groups (broad SMARTS) is 1. The van der Waals surface area contributed by atoms with Crippen LogP contribution in [0, 0.1) is 19.7 Å². The summed E-state index contributed by atoms with van der Waals surface area (Å²) in [7, 11) is 4.20. The predicted octanol–water partition coefficient (Wildman–Crippen LogP) is 9.69. The number of fused-ring (bicyclic) bond motifs is 7. The maximum Gasteiger partial charge on any atom is 0.345 e. The number of thiophene rings is 1. The van der Waals surface area contributed by atoms with Crippen LogP contribution < -0.4 is 23.7 Å². The van der Waals surface area contributed by atoms with Gasteiger partial charge in [0.25, 0.3) is 0 Å². The minimum absolute atomic E-state index is 0.00707. The van der Waals surface area contributed by atoms with Gasteiger partial charge in [-0.3, -0.25) is 4.90 Å². The van der Waals surface area contributed by atoms with Gasteiger partial charge in [0, 0.05) is 86.6 Å². The normalized spacial score (nSPS) is 19.0. The fourth-order valence-electron chi connectivity index (χ4n) is 9.55. The summed E-state index contributed by atoms with van der Waals surface area (Å²) in [6.07, 6.45) is 1.82. The third-order valence-corrected chi connectivity index (χ3v) is 15.6. The molecule has 4 aliphatic heterocycles. The van der Waals surface area contributed by atoms with Crippen molar-refractivity contribution in [3.63, 3.8) is 0 Å². The predicted molar refractivity (Wildman–Crippen MR) is 283 cm³/mol. The van der Waals surface area contributed by atoms with Crippen LogP contribution in [0.1, 0.15) is 28.8 Å². The van der Waals surface area contributed by atoms with Crippen molar-refractivity contribution in [3.8, 4) is 61.8 Å². The quantitative estimate of drug-likeness (QED) is 0.131. The van der Waals surface area contributed by atoms with Gasteiger partial charge in [0.1, 0.15) is 66.3 Å². The Hall–Kier alpha value is -6.18. The lowest BCUT2D eigenvalue weighted by Gasteiger charge is -2.35. The van der Waals surface area contributed by atoms with Crippen LogP contribution in [0.3, 0.4) is 0 Å². The fraction of sp³-hybridized carbons (Fsp3) is 0.364. The molecule has 3 aromatic heterocycles. The zero-order valence-corrected chi connectivity index (χ0v) is 43.8. The highest BCUT2D eigenvalue weighted by molar-refractivity contribution is 7.22. The molecule has 15 nitrogen and oxygen atoms in total. The molecular formula is C55H56Cl2FN7O8S. The van der Waals surface area contributed by atoms with Crippen LogP contribution in [0.25, 0.3) is 43.2 Å². The van der Waals surface area contributed by atoms with Crippen LogP contribution in [-0.2, 0) is 22.6 Å². The van der Waals surface area contributed by atoms with Crippen LogP contribution in [0.4, 0.5) is 4.39 Å². The highest BCUT2D eigenvalue weighted by atomic mass is 35.5. The van der Waals surface area contributed by atoms with Crippen LogP contribution in [0.15, 0.2) is 85.3 Å². The third-order valence-electron chi connectivity index (χ3n) is 13.6. The summed E-state index contributed by atoms with van der Waals surface area (Å²) >= 11 is 16.0. The molecule has 1 N–H and O–H groups in total. The summed E-state index contributed by atoms with van der Waals surface area (Å²) in [5.41, 5.74) is 5.14. The average Bonchev–Trinajstić information content (AvgIpc) is 3.66. The second-order valence-corrected chi connectivity index (χ2v) is 20.7. The molecule has 3 atom stereocenters. The number of piperazine rings is 1. The molecule has 7 heterocycles. The number of carbonyl (C=O) groups is 1. The molecule has 7 aromatic rings. The van der Waals surface area contributed by atoms with E-state index in [0.717, 1.165) is 63.6 Å². The number of halogens is 3. The molecule has 2 fully saturated rings. The number of ether oxygens (including phenoxy) is 6. The van der Waals surface area contributed by atoms with E-state index in [9.17, 15) is 14.3 Å². The molecular weight excluding hydrogens is 1010 g/mol. The molecule has 386 valence electrons. The van der Waals surface area contributed by atoms with E-state index in [-0.39, 0.29) is 31.6 Å². The molecule has 2 saturated heterocycles. The van der Waals surface area contributed by atoms with E-state index in [0.29, 0.717) is 100 Å². The zero-order chi connectivity index (χ0) is 51.5. The third kappa shape index (κ3) is 11.5. The number of nitrogens with zero attached hydrogens (tertiary/aromatic N) is 7.